The SMILES string of the molecule is CN(C)c1ccc(C2/C(=C(/O)c3ccc(Cl)cc3)C(=O)C(=O)N2c2ccc(CC(=O)O)cc2)cc1. The van der Waals surface area contributed by atoms with Gasteiger partial charge in [-0.1, -0.05) is 35.9 Å². The van der Waals surface area contributed by atoms with Gasteiger partial charge in [0, 0.05) is 36.1 Å². The van der Waals surface area contributed by atoms with Crippen LogP contribution in [-0.2, 0) is 20.8 Å². The number of carboxylic acids is 1. The van der Waals surface area contributed by atoms with E-state index in [0.717, 1.165) is 5.69 Å². The molecule has 2 N–H and O–H groups in total. The van der Waals surface area contributed by atoms with Crippen molar-refractivity contribution in [3.63, 3.8) is 0 Å². The molecule has 1 amide bonds. The first-order valence-corrected chi connectivity index (χ1v) is 11.2. The van der Waals surface area contributed by atoms with Crippen molar-refractivity contribution in [2.45, 2.75) is 12.5 Å². The molecule has 1 unspecified atom stereocenters. The number of halogens is 1. The molecule has 0 bridgehead atoms. The smallest absolute Gasteiger partial charge is 0.307 e. The number of aliphatic hydroxyl groups is 1. The van der Waals surface area contributed by atoms with Gasteiger partial charge < -0.3 is 15.1 Å². The lowest BCUT2D eigenvalue weighted by Gasteiger charge is -2.26. The number of nitrogens with zero attached hydrogens (tertiary/aromatic N) is 2. The van der Waals surface area contributed by atoms with Crippen molar-refractivity contribution in [1.29, 1.82) is 0 Å². The average Bonchev–Trinajstić information content (AvgIpc) is 3.10. The van der Waals surface area contributed by atoms with Gasteiger partial charge in [-0.05, 0) is 59.7 Å². The Labute approximate surface area is 207 Å². The highest BCUT2D eigenvalue weighted by Crippen LogP contribution is 2.42. The molecule has 35 heavy (non-hydrogen) atoms. The van der Waals surface area contributed by atoms with Gasteiger partial charge in [-0.3, -0.25) is 19.3 Å². The molecule has 0 spiro atoms. The molecule has 8 heteroatoms. The van der Waals surface area contributed by atoms with E-state index in [0.29, 0.717) is 27.4 Å². The third kappa shape index (κ3) is 4.76. The fourth-order valence-electron chi connectivity index (χ4n) is 4.08. The summed E-state index contributed by atoms with van der Waals surface area (Å²) in [5.41, 5.74) is 2.87. The van der Waals surface area contributed by atoms with Crippen LogP contribution in [0.15, 0.2) is 78.4 Å². The Morgan fingerprint density at radius 1 is 0.914 bits per heavy atom. The van der Waals surface area contributed by atoms with Crippen LogP contribution in [0.4, 0.5) is 11.4 Å². The highest BCUT2D eigenvalue weighted by Gasteiger charge is 2.47. The van der Waals surface area contributed by atoms with Crippen LogP contribution in [-0.4, -0.2) is 42.0 Å². The molecule has 0 aromatic heterocycles. The fraction of sp³-hybridized carbons (Fsp3) is 0.148. The lowest BCUT2D eigenvalue weighted by molar-refractivity contribution is -0.136. The number of aliphatic hydroxyl groups excluding tert-OH is 1. The lowest BCUT2D eigenvalue weighted by atomic mass is 9.95. The molecule has 178 valence electrons. The lowest BCUT2D eigenvalue weighted by Crippen LogP contribution is -2.29. The number of hydrogen-bond acceptors (Lipinski definition) is 5. The molecule has 0 aliphatic carbocycles. The second-order valence-electron chi connectivity index (χ2n) is 8.40. The summed E-state index contributed by atoms with van der Waals surface area (Å²) in [4.78, 5) is 40.8. The average molecular weight is 491 g/mol. The van der Waals surface area contributed by atoms with E-state index in [4.69, 9.17) is 16.7 Å². The van der Waals surface area contributed by atoms with Gasteiger partial charge in [-0.25, -0.2) is 0 Å². The van der Waals surface area contributed by atoms with Crippen LogP contribution in [0.5, 0.6) is 0 Å². The molecule has 0 radical (unpaired) electrons. The van der Waals surface area contributed by atoms with Crippen molar-refractivity contribution in [2.75, 3.05) is 23.9 Å². The Morgan fingerprint density at radius 2 is 1.51 bits per heavy atom. The minimum atomic E-state index is -0.970. The first-order chi connectivity index (χ1) is 16.7. The zero-order chi connectivity index (χ0) is 25.3. The first-order valence-electron chi connectivity index (χ1n) is 10.8. The normalized spacial score (nSPS) is 17.0. The number of anilines is 2. The van der Waals surface area contributed by atoms with E-state index in [1.807, 2.05) is 43.3 Å². The monoisotopic (exact) mass is 490 g/mol. The number of carbonyl (C=O) groups is 3. The summed E-state index contributed by atoms with van der Waals surface area (Å²) in [6.07, 6.45) is -0.162. The molecule has 1 saturated heterocycles. The van der Waals surface area contributed by atoms with E-state index in [-0.39, 0.29) is 17.8 Å². The summed E-state index contributed by atoms with van der Waals surface area (Å²) < 4.78 is 0. The molecule has 0 saturated carbocycles. The summed E-state index contributed by atoms with van der Waals surface area (Å²) in [7, 11) is 3.81. The zero-order valence-electron chi connectivity index (χ0n) is 19.1. The maximum atomic E-state index is 13.2. The fourth-order valence-corrected chi connectivity index (χ4v) is 4.21. The van der Waals surface area contributed by atoms with Gasteiger partial charge in [0.05, 0.1) is 18.0 Å². The third-order valence-electron chi connectivity index (χ3n) is 5.86. The topological polar surface area (TPSA) is 98.2 Å². The van der Waals surface area contributed by atoms with Crippen LogP contribution in [0.3, 0.4) is 0 Å². The summed E-state index contributed by atoms with van der Waals surface area (Å²) in [5, 5.41) is 20.7. The van der Waals surface area contributed by atoms with Crippen molar-refractivity contribution in [3.8, 4) is 0 Å². The van der Waals surface area contributed by atoms with Crippen molar-refractivity contribution in [1.82, 2.24) is 0 Å². The van der Waals surface area contributed by atoms with Crippen molar-refractivity contribution in [3.05, 3.63) is 100 Å². The largest absolute Gasteiger partial charge is 0.507 e. The summed E-state index contributed by atoms with van der Waals surface area (Å²) >= 11 is 5.97. The molecular formula is C27H23ClN2O5. The van der Waals surface area contributed by atoms with Gasteiger partial charge in [0.1, 0.15) is 5.76 Å². The van der Waals surface area contributed by atoms with Gasteiger partial charge in [0.2, 0.25) is 0 Å². The molecular weight excluding hydrogens is 468 g/mol. The molecule has 3 aromatic rings. The number of aliphatic carboxylic acids is 1. The van der Waals surface area contributed by atoms with Crippen LogP contribution in [0.1, 0.15) is 22.7 Å². The van der Waals surface area contributed by atoms with E-state index in [9.17, 15) is 19.5 Å². The van der Waals surface area contributed by atoms with E-state index in [1.165, 1.54) is 4.90 Å². The van der Waals surface area contributed by atoms with Crippen LogP contribution < -0.4 is 9.80 Å². The third-order valence-corrected chi connectivity index (χ3v) is 6.11. The van der Waals surface area contributed by atoms with Crippen LogP contribution in [0.2, 0.25) is 5.02 Å². The Morgan fingerprint density at radius 3 is 2.06 bits per heavy atom. The number of amides is 1. The van der Waals surface area contributed by atoms with E-state index in [1.54, 1.807) is 48.5 Å². The molecule has 3 aromatic carbocycles. The highest BCUT2D eigenvalue weighted by atomic mass is 35.5. The van der Waals surface area contributed by atoms with Crippen LogP contribution >= 0.6 is 11.6 Å². The van der Waals surface area contributed by atoms with Gasteiger partial charge in [-0.2, -0.15) is 0 Å². The Bertz CT molecular complexity index is 1310. The Balaban J connectivity index is 1.87. The predicted molar refractivity (Wildman–Crippen MR) is 135 cm³/mol. The Kier molecular flexibility index (Phi) is 6.62. The van der Waals surface area contributed by atoms with Crippen molar-refractivity contribution >= 4 is 46.4 Å². The van der Waals surface area contributed by atoms with E-state index < -0.39 is 23.7 Å². The van der Waals surface area contributed by atoms with Crippen LogP contribution in [0, 0.1) is 0 Å². The van der Waals surface area contributed by atoms with Crippen molar-refractivity contribution < 1.29 is 24.6 Å². The quantitative estimate of drug-likeness (QED) is 0.296. The summed E-state index contributed by atoms with van der Waals surface area (Å²) in [6.45, 7) is 0. The highest BCUT2D eigenvalue weighted by molar-refractivity contribution is 6.51. The Hall–Kier alpha value is -4.10. The minimum absolute atomic E-state index is 0.0375. The molecule has 1 atom stereocenters. The molecule has 1 heterocycles. The number of rotatable bonds is 6. The standard InChI is InChI=1S/C27H23ClN2O5/c1-29(2)20-13-7-17(8-14-20)24-23(25(33)18-5-9-19(28)10-6-18)26(34)27(35)30(24)21-11-3-16(4-12-21)15-22(31)32/h3-14,24,33H,15H2,1-2H3,(H,31,32)/b25-23-. The molecule has 1 fully saturated rings. The predicted octanol–water partition coefficient (Wildman–Crippen LogP) is 4.66. The molecule has 1 aliphatic heterocycles. The van der Waals surface area contributed by atoms with Crippen molar-refractivity contribution in [2.24, 2.45) is 0 Å². The summed E-state index contributed by atoms with van der Waals surface area (Å²) in [6, 6.07) is 19.2. The minimum Gasteiger partial charge on any atom is -0.507 e. The number of ketones is 1. The molecule has 4 rings (SSSR count). The molecule has 7 nitrogen and oxygen atoms in total. The number of carboxylic acid groups (broad SMARTS) is 1. The van der Waals surface area contributed by atoms with Gasteiger partial charge in [0.25, 0.3) is 11.7 Å². The number of hydrogen-bond donors (Lipinski definition) is 2. The van der Waals surface area contributed by atoms with E-state index >= 15 is 0 Å². The molecule has 1 aliphatic rings. The number of benzene rings is 3. The number of carbonyl (C=O) groups excluding carboxylic acids is 2. The second-order valence-corrected chi connectivity index (χ2v) is 8.84. The van der Waals surface area contributed by atoms with E-state index in [2.05, 4.69) is 0 Å². The maximum Gasteiger partial charge on any atom is 0.307 e. The zero-order valence-corrected chi connectivity index (χ0v) is 19.9. The maximum absolute atomic E-state index is 13.2. The number of Topliss-reactive ketones (excluding diaryl/α,β-unsaturated/α-hetero) is 1. The van der Waals surface area contributed by atoms with Crippen LogP contribution in [0.25, 0.3) is 5.76 Å². The summed E-state index contributed by atoms with van der Waals surface area (Å²) in [5.74, 6) is -2.87. The first kappa shape index (κ1) is 24.0. The van der Waals surface area contributed by atoms with Gasteiger partial charge in [-0.15, -0.1) is 0 Å². The van der Waals surface area contributed by atoms with Gasteiger partial charge >= 0.3 is 5.97 Å². The second kappa shape index (κ2) is 9.64. The van der Waals surface area contributed by atoms with Gasteiger partial charge in [0.15, 0.2) is 0 Å².